The van der Waals surface area contributed by atoms with E-state index in [9.17, 15) is 22.4 Å². The van der Waals surface area contributed by atoms with E-state index in [0.29, 0.717) is 29.0 Å². The van der Waals surface area contributed by atoms with E-state index in [1.807, 2.05) is 4.90 Å². The zero-order valence-electron chi connectivity index (χ0n) is 19.0. The van der Waals surface area contributed by atoms with E-state index in [4.69, 9.17) is 4.74 Å². The van der Waals surface area contributed by atoms with Gasteiger partial charge in [-0.2, -0.15) is 18.3 Å². The molecular formula is C23H23F4N7O2. The maximum atomic E-state index is 14.3. The van der Waals surface area contributed by atoms with E-state index in [2.05, 4.69) is 25.7 Å². The molecule has 2 saturated heterocycles. The van der Waals surface area contributed by atoms with Gasteiger partial charge in [0, 0.05) is 36.8 Å². The highest BCUT2D eigenvalue weighted by Crippen LogP contribution is 2.35. The molecule has 9 nitrogen and oxygen atoms in total. The first-order valence-corrected chi connectivity index (χ1v) is 11.7. The molecule has 1 aromatic carbocycles. The van der Waals surface area contributed by atoms with Gasteiger partial charge < -0.3 is 20.3 Å². The molecule has 3 atom stereocenters. The fourth-order valence-electron chi connectivity index (χ4n) is 4.66. The summed E-state index contributed by atoms with van der Waals surface area (Å²) in [4.78, 5) is 22.9. The first kappa shape index (κ1) is 23.0. The Hall–Kier alpha value is -3.48. The molecule has 2 bridgehead atoms. The minimum Gasteiger partial charge on any atom is -0.368 e. The highest BCUT2D eigenvalue weighted by atomic mass is 19.4. The van der Waals surface area contributed by atoms with Crippen LogP contribution >= 0.6 is 0 Å². The maximum Gasteiger partial charge on any atom is 0.408 e. The molecule has 3 fully saturated rings. The van der Waals surface area contributed by atoms with E-state index in [0.717, 1.165) is 17.5 Å². The minimum absolute atomic E-state index is 0.0361. The Morgan fingerprint density at radius 1 is 1.14 bits per heavy atom. The van der Waals surface area contributed by atoms with Crippen molar-refractivity contribution in [1.29, 1.82) is 0 Å². The van der Waals surface area contributed by atoms with Crippen LogP contribution in [-0.2, 0) is 11.3 Å². The zero-order valence-corrected chi connectivity index (χ0v) is 19.0. The predicted octanol–water partition coefficient (Wildman–Crippen LogP) is 3.66. The number of aromatic nitrogens is 4. The first-order chi connectivity index (χ1) is 17.2. The second-order valence-corrected chi connectivity index (χ2v) is 9.43. The molecule has 13 heteroatoms. The van der Waals surface area contributed by atoms with Gasteiger partial charge in [-0.05, 0) is 37.1 Å². The molecule has 0 spiro atoms. The van der Waals surface area contributed by atoms with Crippen LogP contribution in [0, 0.1) is 0 Å². The van der Waals surface area contributed by atoms with Crippen molar-refractivity contribution in [2.45, 2.75) is 56.4 Å². The largest absolute Gasteiger partial charge is 0.408 e. The smallest absolute Gasteiger partial charge is 0.368 e. The van der Waals surface area contributed by atoms with Crippen LogP contribution < -0.4 is 15.5 Å². The Labute approximate surface area is 202 Å². The van der Waals surface area contributed by atoms with Crippen molar-refractivity contribution < 1.29 is 27.1 Å². The number of anilines is 2. The first-order valence-electron chi connectivity index (χ1n) is 11.7. The number of benzene rings is 1. The molecule has 2 aromatic heterocycles. The fourth-order valence-corrected chi connectivity index (χ4v) is 4.66. The number of halogens is 4. The van der Waals surface area contributed by atoms with Gasteiger partial charge in [-0.25, -0.2) is 23.8 Å². The van der Waals surface area contributed by atoms with Gasteiger partial charge in [0.05, 0.1) is 17.7 Å². The lowest BCUT2D eigenvalue weighted by Crippen LogP contribution is -2.44. The van der Waals surface area contributed by atoms with Crippen LogP contribution in [0.1, 0.15) is 19.3 Å². The third kappa shape index (κ3) is 4.66. The van der Waals surface area contributed by atoms with Crippen LogP contribution in [0.3, 0.4) is 0 Å². The van der Waals surface area contributed by atoms with Crippen molar-refractivity contribution in [1.82, 2.24) is 25.1 Å². The summed E-state index contributed by atoms with van der Waals surface area (Å²) in [7, 11) is 0. The van der Waals surface area contributed by atoms with Gasteiger partial charge in [0.15, 0.2) is 11.5 Å². The number of rotatable bonds is 5. The van der Waals surface area contributed by atoms with Gasteiger partial charge in [0.25, 0.3) is 0 Å². The number of carbonyl (C=O) groups excluding carboxylic acids is 1. The van der Waals surface area contributed by atoms with Crippen LogP contribution in [0.15, 0.2) is 30.5 Å². The molecule has 1 saturated carbocycles. The van der Waals surface area contributed by atoms with Gasteiger partial charge in [0.2, 0.25) is 0 Å². The zero-order chi connectivity index (χ0) is 25.0. The highest BCUT2D eigenvalue weighted by Gasteiger charge is 2.42. The number of hydrogen-bond donors (Lipinski definition) is 2. The Morgan fingerprint density at radius 3 is 2.61 bits per heavy atom. The summed E-state index contributed by atoms with van der Waals surface area (Å²) >= 11 is 0. The van der Waals surface area contributed by atoms with Crippen molar-refractivity contribution in [2.24, 2.45) is 0 Å². The molecule has 3 aromatic rings. The molecule has 0 radical (unpaired) electrons. The van der Waals surface area contributed by atoms with E-state index in [-0.39, 0.29) is 42.6 Å². The second kappa shape index (κ2) is 8.57. The summed E-state index contributed by atoms with van der Waals surface area (Å²) in [5.74, 6) is 0.591. The molecule has 2 aliphatic heterocycles. The standard InChI is InChI=1S/C23H23F4N7O2/c24-17-7-15-9-33(10-18(17)36-15)20-16-8-28-34(11-23(25,26)27)21(16)32-19(31-20)12-1-3-13(4-2-12)29-22(35)30-14-5-6-14/h1-4,8,14-15,17-18H,5-7,9-11H2,(H2,29,30,35). The number of carbonyl (C=O) groups is 1. The van der Waals surface area contributed by atoms with Crippen molar-refractivity contribution in [3.05, 3.63) is 30.5 Å². The van der Waals surface area contributed by atoms with Gasteiger partial charge in [-0.1, -0.05) is 0 Å². The number of nitrogens with zero attached hydrogens (tertiary/aromatic N) is 5. The van der Waals surface area contributed by atoms with E-state index in [1.165, 1.54) is 6.20 Å². The van der Waals surface area contributed by atoms with Crippen molar-refractivity contribution in [2.75, 3.05) is 23.3 Å². The molecular weight excluding hydrogens is 482 g/mol. The molecule has 36 heavy (non-hydrogen) atoms. The number of fused-ring (bicyclic) bond motifs is 3. The normalized spacial score (nSPS) is 23.8. The summed E-state index contributed by atoms with van der Waals surface area (Å²) < 4.78 is 60.3. The molecule has 4 heterocycles. The number of nitrogens with one attached hydrogen (secondary N) is 2. The lowest BCUT2D eigenvalue weighted by molar-refractivity contribution is -0.141. The third-order valence-corrected chi connectivity index (χ3v) is 6.50. The van der Waals surface area contributed by atoms with Crippen LogP contribution in [-0.4, -0.2) is 69.5 Å². The number of amides is 2. The molecule has 2 amide bonds. The van der Waals surface area contributed by atoms with E-state index < -0.39 is 25.0 Å². The van der Waals surface area contributed by atoms with Gasteiger partial charge in [0.1, 0.15) is 24.6 Å². The number of alkyl halides is 4. The number of ether oxygens (including phenoxy) is 1. The van der Waals surface area contributed by atoms with Crippen LogP contribution in [0.5, 0.6) is 0 Å². The van der Waals surface area contributed by atoms with Crippen LogP contribution in [0.2, 0.25) is 0 Å². The van der Waals surface area contributed by atoms with Crippen molar-refractivity contribution >= 4 is 28.6 Å². The lowest BCUT2D eigenvalue weighted by Gasteiger charge is -2.33. The summed E-state index contributed by atoms with van der Waals surface area (Å²) in [6.07, 6.45) is -2.99. The van der Waals surface area contributed by atoms with Gasteiger partial charge >= 0.3 is 12.2 Å². The van der Waals surface area contributed by atoms with E-state index >= 15 is 0 Å². The molecule has 6 rings (SSSR count). The maximum absolute atomic E-state index is 14.3. The molecule has 3 unspecified atom stereocenters. The highest BCUT2D eigenvalue weighted by molar-refractivity contribution is 5.91. The van der Waals surface area contributed by atoms with Crippen LogP contribution in [0.25, 0.3) is 22.4 Å². The SMILES string of the molecule is O=C(Nc1ccc(-c2nc(N3CC4CC(F)C(C3)O4)c3cnn(CC(F)(F)F)c3n2)cc1)NC1CC1. The quantitative estimate of drug-likeness (QED) is 0.514. The van der Waals surface area contributed by atoms with E-state index in [1.54, 1.807) is 24.3 Å². The molecule has 190 valence electrons. The van der Waals surface area contributed by atoms with Crippen molar-refractivity contribution in [3.8, 4) is 11.4 Å². The average molecular weight is 505 g/mol. The van der Waals surface area contributed by atoms with Crippen LogP contribution in [0.4, 0.5) is 33.9 Å². The molecule has 3 aliphatic rings. The number of hydrogen-bond acceptors (Lipinski definition) is 6. The Kier molecular flexibility index (Phi) is 5.47. The van der Waals surface area contributed by atoms with Crippen molar-refractivity contribution in [3.63, 3.8) is 0 Å². The summed E-state index contributed by atoms with van der Waals surface area (Å²) in [5.41, 5.74) is 1.14. The topological polar surface area (TPSA) is 97.2 Å². The summed E-state index contributed by atoms with van der Waals surface area (Å²) in [5, 5.41) is 9.86. The predicted molar refractivity (Wildman–Crippen MR) is 122 cm³/mol. The number of morpholine rings is 1. The summed E-state index contributed by atoms with van der Waals surface area (Å²) in [6.45, 7) is -0.704. The molecule has 1 aliphatic carbocycles. The second-order valence-electron chi connectivity index (χ2n) is 9.43. The fraction of sp³-hybridized carbons (Fsp3) is 0.478. The summed E-state index contributed by atoms with van der Waals surface area (Å²) in [6, 6.07) is 6.63. The van der Waals surface area contributed by atoms with Gasteiger partial charge in [-0.15, -0.1) is 0 Å². The lowest BCUT2D eigenvalue weighted by atomic mass is 10.2. The average Bonchev–Trinajstić information content (AvgIpc) is 3.49. The Bertz CT molecular complexity index is 1290. The third-order valence-electron chi connectivity index (χ3n) is 6.50. The van der Waals surface area contributed by atoms with Gasteiger partial charge in [-0.3, -0.25) is 0 Å². The Balaban J connectivity index is 1.35. The minimum atomic E-state index is -4.49. The number of urea groups is 1. The molecule has 2 N–H and O–H groups in total. The Morgan fingerprint density at radius 2 is 1.92 bits per heavy atom. The monoisotopic (exact) mass is 505 g/mol.